The van der Waals surface area contributed by atoms with Crippen molar-refractivity contribution in [2.45, 2.75) is 32.0 Å². The molecule has 9 heteroatoms. The number of carbonyl (C=O) groups is 2. The molecule has 1 saturated heterocycles. The van der Waals surface area contributed by atoms with Crippen molar-refractivity contribution in [2.75, 3.05) is 18.5 Å². The zero-order valence-electron chi connectivity index (χ0n) is 13.0. The highest BCUT2D eigenvalue weighted by molar-refractivity contribution is 5.91. The number of rotatable bonds is 4. The van der Waals surface area contributed by atoms with Crippen LogP contribution in [0.2, 0.25) is 0 Å². The maximum atomic E-state index is 12.8. The van der Waals surface area contributed by atoms with E-state index in [0.717, 1.165) is 12.1 Å². The number of alkyl halides is 3. The summed E-state index contributed by atoms with van der Waals surface area (Å²) in [6, 6.07) is 1.96. The van der Waals surface area contributed by atoms with Crippen LogP contribution < -0.4 is 20.7 Å². The summed E-state index contributed by atoms with van der Waals surface area (Å²) in [6.07, 6.45) is -3.76. The summed E-state index contributed by atoms with van der Waals surface area (Å²) in [5.74, 6) is 0.0579. The van der Waals surface area contributed by atoms with Crippen LogP contribution in [-0.4, -0.2) is 31.1 Å². The van der Waals surface area contributed by atoms with E-state index >= 15 is 0 Å². The van der Waals surface area contributed by atoms with Gasteiger partial charge in [-0.1, -0.05) is 0 Å². The van der Waals surface area contributed by atoms with E-state index in [2.05, 4.69) is 16.0 Å². The SMILES string of the molecule is CCOc1ccc(C(F)(F)F)cc1NC(=O)NC1CCC(=O)NC1. The second-order valence-electron chi connectivity index (χ2n) is 5.28. The number of urea groups is 1. The lowest BCUT2D eigenvalue weighted by atomic mass is 10.1. The Labute approximate surface area is 136 Å². The molecule has 132 valence electrons. The third kappa shape index (κ3) is 4.77. The molecule has 1 aliphatic rings. The molecule has 0 bridgehead atoms. The quantitative estimate of drug-likeness (QED) is 0.784. The van der Waals surface area contributed by atoms with Crippen LogP contribution in [0.15, 0.2) is 18.2 Å². The minimum atomic E-state index is -4.52. The van der Waals surface area contributed by atoms with Crippen LogP contribution in [-0.2, 0) is 11.0 Å². The number of amides is 3. The molecule has 1 aromatic rings. The molecule has 1 unspecified atom stereocenters. The zero-order valence-corrected chi connectivity index (χ0v) is 13.0. The fourth-order valence-electron chi connectivity index (χ4n) is 2.29. The van der Waals surface area contributed by atoms with Gasteiger partial charge in [0.05, 0.1) is 17.9 Å². The average molecular weight is 345 g/mol. The molecule has 1 aromatic carbocycles. The molecule has 0 radical (unpaired) electrons. The molecule has 0 aliphatic carbocycles. The van der Waals surface area contributed by atoms with Gasteiger partial charge in [-0.25, -0.2) is 4.79 Å². The number of benzene rings is 1. The summed E-state index contributed by atoms with van der Waals surface area (Å²) in [7, 11) is 0. The van der Waals surface area contributed by atoms with Crippen molar-refractivity contribution in [3.63, 3.8) is 0 Å². The molecule has 1 atom stereocenters. The molecule has 6 nitrogen and oxygen atoms in total. The van der Waals surface area contributed by atoms with Gasteiger partial charge in [-0.05, 0) is 31.5 Å². The van der Waals surface area contributed by atoms with Crippen LogP contribution in [0.5, 0.6) is 5.75 Å². The predicted octanol–water partition coefficient (Wildman–Crippen LogP) is 2.50. The van der Waals surface area contributed by atoms with Gasteiger partial charge in [0.1, 0.15) is 5.75 Å². The van der Waals surface area contributed by atoms with Crippen molar-refractivity contribution >= 4 is 17.6 Å². The Hall–Kier alpha value is -2.45. The van der Waals surface area contributed by atoms with Crippen molar-refractivity contribution < 1.29 is 27.5 Å². The Morgan fingerprint density at radius 2 is 2.17 bits per heavy atom. The van der Waals surface area contributed by atoms with Gasteiger partial charge in [0.15, 0.2) is 0 Å². The highest BCUT2D eigenvalue weighted by Crippen LogP contribution is 2.35. The standard InChI is InChI=1S/C15H18F3N3O3/c1-2-24-12-5-3-9(15(16,17)18)7-11(12)21-14(23)20-10-4-6-13(22)19-8-10/h3,5,7,10H,2,4,6,8H2,1H3,(H,19,22)(H2,20,21,23). The molecule has 24 heavy (non-hydrogen) atoms. The zero-order chi connectivity index (χ0) is 17.7. The number of halogens is 3. The molecule has 0 spiro atoms. The molecule has 3 amide bonds. The third-order valence-electron chi connectivity index (χ3n) is 3.46. The second kappa shape index (κ2) is 7.41. The number of hydrogen-bond donors (Lipinski definition) is 3. The highest BCUT2D eigenvalue weighted by atomic mass is 19.4. The first-order valence-corrected chi connectivity index (χ1v) is 7.48. The Bertz CT molecular complexity index is 610. The molecular weight excluding hydrogens is 327 g/mol. The smallest absolute Gasteiger partial charge is 0.416 e. The first-order chi connectivity index (χ1) is 11.3. The molecule has 0 aromatic heterocycles. The van der Waals surface area contributed by atoms with Gasteiger partial charge in [0, 0.05) is 19.0 Å². The van der Waals surface area contributed by atoms with Crippen LogP contribution in [0.1, 0.15) is 25.3 Å². The van der Waals surface area contributed by atoms with Crippen LogP contribution in [0.3, 0.4) is 0 Å². The van der Waals surface area contributed by atoms with Crippen LogP contribution >= 0.6 is 0 Å². The predicted molar refractivity (Wildman–Crippen MR) is 80.8 cm³/mol. The van der Waals surface area contributed by atoms with Crippen LogP contribution in [0.4, 0.5) is 23.7 Å². The number of hydrogen-bond acceptors (Lipinski definition) is 3. The summed E-state index contributed by atoms with van der Waals surface area (Å²) < 4.78 is 43.7. The maximum absolute atomic E-state index is 12.8. The molecular formula is C15H18F3N3O3. The van der Waals surface area contributed by atoms with Gasteiger partial charge in [-0.15, -0.1) is 0 Å². The molecule has 0 saturated carbocycles. The van der Waals surface area contributed by atoms with Crippen molar-refractivity contribution in [3.05, 3.63) is 23.8 Å². The lowest BCUT2D eigenvalue weighted by Gasteiger charge is -2.24. The molecule has 3 N–H and O–H groups in total. The molecule has 2 rings (SSSR count). The minimum Gasteiger partial charge on any atom is -0.492 e. The Morgan fingerprint density at radius 1 is 1.42 bits per heavy atom. The number of nitrogens with one attached hydrogen (secondary N) is 3. The van der Waals surface area contributed by atoms with E-state index in [1.807, 2.05) is 0 Å². The summed E-state index contributed by atoms with van der Waals surface area (Å²) in [5.41, 5.74) is -0.949. The van der Waals surface area contributed by atoms with Crippen LogP contribution in [0, 0.1) is 0 Å². The van der Waals surface area contributed by atoms with Crippen molar-refractivity contribution in [1.29, 1.82) is 0 Å². The van der Waals surface area contributed by atoms with Gasteiger partial charge in [0.25, 0.3) is 0 Å². The van der Waals surface area contributed by atoms with E-state index in [1.165, 1.54) is 6.07 Å². The van der Waals surface area contributed by atoms with E-state index < -0.39 is 17.8 Å². The van der Waals surface area contributed by atoms with E-state index in [4.69, 9.17) is 4.74 Å². The normalized spacial score (nSPS) is 17.8. The topological polar surface area (TPSA) is 79.5 Å². The average Bonchev–Trinajstić information content (AvgIpc) is 2.50. The lowest BCUT2D eigenvalue weighted by Crippen LogP contribution is -2.48. The Kier molecular flexibility index (Phi) is 5.53. The number of anilines is 1. The monoisotopic (exact) mass is 345 g/mol. The number of piperidine rings is 1. The first kappa shape index (κ1) is 17.9. The van der Waals surface area contributed by atoms with Gasteiger partial charge < -0.3 is 20.7 Å². The van der Waals surface area contributed by atoms with Gasteiger partial charge in [0.2, 0.25) is 5.91 Å². The van der Waals surface area contributed by atoms with Gasteiger partial charge >= 0.3 is 12.2 Å². The molecule has 1 heterocycles. The lowest BCUT2D eigenvalue weighted by molar-refractivity contribution is -0.137. The van der Waals surface area contributed by atoms with E-state index in [-0.39, 0.29) is 36.5 Å². The van der Waals surface area contributed by atoms with Gasteiger partial charge in [-0.3, -0.25) is 4.79 Å². The Morgan fingerprint density at radius 3 is 2.75 bits per heavy atom. The minimum absolute atomic E-state index is 0.0657. The number of carbonyl (C=O) groups excluding carboxylic acids is 2. The third-order valence-corrected chi connectivity index (χ3v) is 3.46. The van der Waals surface area contributed by atoms with Crippen molar-refractivity contribution in [2.24, 2.45) is 0 Å². The summed E-state index contributed by atoms with van der Waals surface area (Å²) in [5, 5.41) is 7.60. The fourth-order valence-corrected chi connectivity index (χ4v) is 2.29. The van der Waals surface area contributed by atoms with E-state index in [1.54, 1.807) is 6.92 Å². The summed E-state index contributed by atoms with van der Waals surface area (Å²) in [6.45, 7) is 2.22. The number of ether oxygens (including phenoxy) is 1. The summed E-state index contributed by atoms with van der Waals surface area (Å²) >= 11 is 0. The van der Waals surface area contributed by atoms with Crippen molar-refractivity contribution in [1.82, 2.24) is 10.6 Å². The van der Waals surface area contributed by atoms with E-state index in [9.17, 15) is 22.8 Å². The first-order valence-electron chi connectivity index (χ1n) is 7.48. The maximum Gasteiger partial charge on any atom is 0.416 e. The van der Waals surface area contributed by atoms with Crippen LogP contribution in [0.25, 0.3) is 0 Å². The second-order valence-corrected chi connectivity index (χ2v) is 5.28. The van der Waals surface area contributed by atoms with E-state index in [0.29, 0.717) is 12.8 Å². The van der Waals surface area contributed by atoms with Gasteiger partial charge in [-0.2, -0.15) is 13.2 Å². The summed E-state index contributed by atoms with van der Waals surface area (Å²) in [4.78, 5) is 23.1. The Balaban J connectivity index is 2.08. The highest BCUT2D eigenvalue weighted by Gasteiger charge is 2.31. The van der Waals surface area contributed by atoms with Crippen molar-refractivity contribution in [3.8, 4) is 5.75 Å². The fraction of sp³-hybridized carbons (Fsp3) is 0.467. The largest absolute Gasteiger partial charge is 0.492 e. The molecule has 1 aliphatic heterocycles. The molecule has 1 fully saturated rings.